The SMILES string of the molecule is CC(C)c1ccc(N2C(=O)CN(c3cccc(C(=O)O)c3)S2(=O)=O)cc1. The molecule has 1 N–H and O–H groups in total. The molecule has 0 unspecified atom stereocenters. The Balaban J connectivity index is 1.99. The topological polar surface area (TPSA) is 95.0 Å². The van der Waals surface area contributed by atoms with Crippen molar-refractivity contribution in [3.63, 3.8) is 0 Å². The van der Waals surface area contributed by atoms with Crippen molar-refractivity contribution >= 4 is 33.5 Å². The normalized spacial score (nSPS) is 16.3. The second-order valence-electron chi connectivity index (χ2n) is 6.27. The summed E-state index contributed by atoms with van der Waals surface area (Å²) in [5.41, 5.74) is 1.38. The maximum Gasteiger partial charge on any atom is 0.335 e. The number of aromatic carboxylic acids is 1. The van der Waals surface area contributed by atoms with E-state index in [4.69, 9.17) is 5.11 Å². The molecule has 2 aromatic carbocycles. The van der Waals surface area contributed by atoms with Crippen molar-refractivity contribution in [2.75, 3.05) is 15.2 Å². The molecule has 3 rings (SSSR count). The fraction of sp³-hybridized carbons (Fsp3) is 0.222. The van der Waals surface area contributed by atoms with Crippen LogP contribution in [0.4, 0.5) is 11.4 Å². The predicted octanol–water partition coefficient (Wildman–Crippen LogP) is 2.61. The van der Waals surface area contributed by atoms with E-state index in [1.165, 1.54) is 24.3 Å². The molecule has 0 aromatic heterocycles. The molecule has 1 fully saturated rings. The highest BCUT2D eigenvalue weighted by molar-refractivity contribution is 7.95. The van der Waals surface area contributed by atoms with Gasteiger partial charge in [0.15, 0.2) is 0 Å². The summed E-state index contributed by atoms with van der Waals surface area (Å²) in [7, 11) is -4.13. The van der Waals surface area contributed by atoms with Crippen LogP contribution in [-0.2, 0) is 15.0 Å². The van der Waals surface area contributed by atoms with Crippen LogP contribution in [-0.4, -0.2) is 31.9 Å². The standard InChI is InChI=1S/C18H18N2O5S/c1-12(2)13-6-8-15(9-7-13)20-17(21)11-19(26(20,24)25)16-5-3-4-14(10-16)18(22)23/h3-10,12H,11H2,1-2H3,(H,22,23). The Hall–Kier alpha value is -2.87. The summed E-state index contributed by atoms with van der Waals surface area (Å²) in [4.78, 5) is 23.5. The fourth-order valence-corrected chi connectivity index (χ4v) is 4.34. The van der Waals surface area contributed by atoms with Gasteiger partial charge in [0.1, 0.15) is 6.54 Å². The Morgan fingerprint density at radius 2 is 1.73 bits per heavy atom. The first-order valence-corrected chi connectivity index (χ1v) is 9.40. The molecular weight excluding hydrogens is 356 g/mol. The Bertz CT molecular complexity index is 967. The quantitative estimate of drug-likeness (QED) is 0.888. The molecule has 7 nitrogen and oxygen atoms in total. The minimum atomic E-state index is -4.13. The van der Waals surface area contributed by atoms with E-state index in [1.54, 1.807) is 24.3 Å². The van der Waals surface area contributed by atoms with Crippen molar-refractivity contribution in [3.8, 4) is 0 Å². The third kappa shape index (κ3) is 3.03. The van der Waals surface area contributed by atoms with Crippen LogP contribution >= 0.6 is 0 Å². The summed E-state index contributed by atoms with van der Waals surface area (Å²) in [5, 5.41) is 9.09. The van der Waals surface area contributed by atoms with Gasteiger partial charge in [-0.15, -0.1) is 0 Å². The lowest BCUT2D eigenvalue weighted by atomic mass is 10.0. The highest BCUT2D eigenvalue weighted by Gasteiger charge is 2.43. The van der Waals surface area contributed by atoms with Crippen LogP contribution in [0, 0.1) is 0 Å². The Morgan fingerprint density at radius 3 is 2.31 bits per heavy atom. The van der Waals surface area contributed by atoms with E-state index in [9.17, 15) is 18.0 Å². The third-order valence-electron chi connectivity index (χ3n) is 4.19. The number of rotatable bonds is 4. The van der Waals surface area contributed by atoms with Gasteiger partial charge in [-0.1, -0.05) is 32.0 Å². The molecule has 1 saturated heterocycles. The second kappa shape index (κ2) is 6.45. The van der Waals surface area contributed by atoms with E-state index >= 15 is 0 Å². The van der Waals surface area contributed by atoms with Crippen LogP contribution in [0.5, 0.6) is 0 Å². The lowest BCUT2D eigenvalue weighted by Gasteiger charge is -2.20. The first-order chi connectivity index (χ1) is 12.2. The average molecular weight is 374 g/mol. The first-order valence-electron chi connectivity index (χ1n) is 8.01. The molecule has 0 radical (unpaired) electrons. The Kier molecular flexibility index (Phi) is 4.45. The van der Waals surface area contributed by atoms with Crippen LogP contribution in [0.1, 0.15) is 35.7 Å². The van der Waals surface area contributed by atoms with Crippen molar-refractivity contribution in [1.82, 2.24) is 0 Å². The molecule has 0 aliphatic carbocycles. The van der Waals surface area contributed by atoms with Gasteiger partial charge < -0.3 is 5.11 Å². The van der Waals surface area contributed by atoms with E-state index in [0.717, 1.165) is 14.2 Å². The number of hydrogen-bond donors (Lipinski definition) is 1. The van der Waals surface area contributed by atoms with Crippen LogP contribution in [0.25, 0.3) is 0 Å². The maximum absolute atomic E-state index is 12.9. The van der Waals surface area contributed by atoms with Crippen LogP contribution < -0.4 is 8.61 Å². The molecule has 0 bridgehead atoms. The van der Waals surface area contributed by atoms with Crippen LogP contribution in [0.3, 0.4) is 0 Å². The molecule has 0 atom stereocenters. The number of amides is 1. The lowest BCUT2D eigenvalue weighted by Crippen LogP contribution is -2.34. The Morgan fingerprint density at radius 1 is 1.08 bits per heavy atom. The van der Waals surface area contributed by atoms with Crippen molar-refractivity contribution < 1.29 is 23.1 Å². The minimum absolute atomic E-state index is 0.0510. The van der Waals surface area contributed by atoms with Gasteiger partial charge in [-0.05, 0) is 41.8 Å². The third-order valence-corrected chi connectivity index (χ3v) is 5.96. The van der Waals surface area contributed by atoms with Crippen LogP contribution in [0.2, 0.25) is 0 Å². The van der Waals surface area contributed by atoms with Crippen molar-refractivity contribution in [1.29, 1.82) is 0 Å². The number of carboxylic acids is 1. The van der Waals surface area contributed by atoms with E-state index in [-0.39, 0.29) is 29.4 Å². The molecule has 1 heterocycles. The zero-order valence-electron chi connectivity index (χ0n) is 14.3. The van der Waals surface area contributed by atoms with E-state index in [0.29, 0.717) is 0 Å². The smallest absolute Gasteiger partial charge is 0.335 e. The monoisotopic (exact) mass is 374 g/mol. The minimum Gasteiger partial charge on any atom is -0.478 e. The van der Waals surface area contributed by atoms with Crippen molar-refractivity contribution in [2.45, 2.75) is 19.8 Å². The second-order valence-corrected chi connectivity index (χ2v) is 7.98. The van der Waals surface area contributed by atoms with Gasteiger partial charge in [-0.3, -0.25) is 4.79 Å². The zero-order valence-corrected chi connectivity index (χ0v) is 15.1. The number of carboxylic acid groups (broad SMARTS) is 1. The first kappa shape index (κ1) is 17.9. The van der Waals surface area contributed by atoms with Crippen molar-refractivity contribution in [2.24, 2.45) is 0 Å². The molecule has 0 spiro atoms. The van der Waals surface area contributed by atoms with Gasteiger partial charge >= 0.3 is 16.2 Å². The van der Waals surface area contributed by atoms with E-state index in [1.807, 2.05) is 13.8 Å². The van der Waals surface area contributed by atoms with E-state index < -0.39 is 22.1 Å². The van der Waals surface area contributed by atoms with Gasteiger partial charge in [0.2, 0.25) is 0 Å². The summed E-state index contributed by atoms with van der Waals surface area (Å²) in [6.07, 6.45) is 0. The number of hydrogen-bond acceptors (Lipinski definition) is 4. The molecule has 8 heteroatoms. The summed E-state index contributed by atoms with van der Waals surface area (Å²) in [6.45, 7) is 3.66. The largest absolute Gasteiger partial charge is 0.478 e. The molecule has 1 amide bonds. The predicted molar refractivity (Wildman–Crippen MR) is 97.7 cm³/mol. The average Bonchev–Trinajstić information content (AvgIpc) is 2.84. The highest BCUT2D eigenvalue weighted by Crippen LogP contribution is 2.31. The summed E-state index contributed by atoms with van der Waals surface area (Å²) in [5.74, 6) is -1.48. The van der Waals surface area contributed by atoms with Crippen LogP contribution in [0.15, 0.2) is 48.5 Å². The van der Waals surface area contributed by atoms with Gasteiger partial charge in [-0.2, -0.15) is 12.7 Å². The number of anilines is 2. The van der Waals surface area contributed by atoms with E-state index in [2.05, 4.69) is 0 Å². The lowest BCUT2D eigenvalue weighted by molar-refractivity contribution is -0.115. The summed E-state index contributed by atoms with van der Waals surface area (Å²) >= 11 is 0. The molecular formula is C18H18N2O5S. The summed E-state index contributed by atoms with van der Waals surface area (Å²) in [6, 6.07) is 12.3. The fourth-order valence-electron chi connectivity index (χ4n) is 2.79. The molecule has 2 aromatic rings. The Labute approximate surface area is 151 Å². The van der Waals surface area contributed by atoms with Gasteiger partial charge in [0, 0.05) is 0 Å². The summed E-state index contributed by atoms with van der Waals surface area (Å²) < 4.78 is 27.4. The molecule has 1 aliphatic heterocycles. The molecule has 0 saturated carbocycles. The van der Waals surface area contributed by atoms with Crippen molar-refractivity contribution in [3.05, 3.63) is 59.7 Å². The van der Waals surface area contributed by atoms with Gasteiger partial charge in [0.05, 0.1) is 16.9 Å². The maximum atomic E-state index is 12.9. The zero-order chi connectivity index (χ0) is 19.1. The number of benzene rings is 2. The molecule has 136 valence electrons. The molecule has 26 heavy (non-hydrogen) atoms. The molecule has 1 aliphatic rings. The number of carbonyl (C=O) groups excluding carboxylic acids is 1. The van der Waals surface area contributed by atoms with Gasteiger partial charge in [-0.25, -0.2) is 9.10 Å². The number of carbonyl (C=O) groups is 2. The van der Waals surface area contributed by atoms with Gasteiger partial charge in [0.25, 0.3) is 5.91 Å². The number of nitrogens with zero attached hydrogens (tertiary/aromatic N) is 2. The highest BCUT2D eigenvalue weighted by atomic mass is 32.2.